The van der Waals surface area contributed by atoms with Gasteiger partial charge in [-0.15, -0.1) is 0 Å². The number of carboxylic acid groups (broad SMARTS) is 1. The molecule has 0 radical (unpaired) electrons. The molecule has 0 saturated carbocycles. The molecule has 2 N–H and O–H groups in total. The second-order valence-electron chi connectivity index (χ2n) is 4.90. The predicted octanol–water partition coefficient (Wildman–Crippen LogP) is 2.45. The van der Waals surface area contributed by atoms with Crippen molar-refractivity contribution in [3.05, 3.63) is 0 Å². The van der Waals surface area contributed by atoms with Crippen LogP contribution >= 0.6 is 0 Å². The van der Waals surface area contributed by atoms with Gasteiger partial charge in [0.2, 0.25) is 0 Å². The standard InChI is InChI=1S/C13H26O4/c1-4-6-8-17-10-11(14)9-13(3,7-5-2)12(15)16/h11,14H,4-10H2,1-3H3,(H,15,16). The average Bonchev–Trinajstić information content (AvgIpc) is 2.24. The average molecular weight is 246 g/mol. The van der Waals surface area contributed by atoms with Gasteiger partial charge in [0.1, 0.15) is 0 Å². The zero-order valence-electron chi connectivity index (χ0n) is 11.2. The number of hydrogen-bond donors (Lipinski definition) is 2. The van der Waals surface area contributed by atoms with Crippen LogP contribution in [0.3, 0.4) is 0 Å². The van der Waals surface area contributed by atoms with Crippen molar-refractivity contribution in [1.29, 1.82) is 0 Å². The van der Waals surface area contributed by atoms with E-state index in [1.165, 1.54) is 0 Å². The molecule has 0 aliphatic rings. The normalized spacial score (nSPS) is 16.5. The first kappa shape index (κ1) is 16.4. The van der Waals surface area contributed by atoms with E-state index in [2.05, 4.69) is 6.92 Å². The van der Waals surface area contributed by atoms with E-state index in [1.54, 1.807) is 6.92 Å². The van der Waals surface area contributed by atoms with E-state index in [4.69, 9.17) is 4.74 Å². The molecule has 0 rings (SSSR count). The van der Waals surface area contributed by atoms with E-state index < -0.39 is 17.5 Å². The summed E-state index contributed by atoms with van der Waals surface area (Å²) in [6, 6.07) is 0. The van der Waals surface area contributed by atoms with Gasteiger partial charge in [0.05, 0.1) is 18.1 Å². The van der Waals surface area contributed by atoms with Crippen LogP contribution in [0.5, 0.6) is 0 Å². The van der Waals surface area contributed by atoms with Gasteiger partial charge in [-0.25, -0.2) is 0 Å². The van der Waals surface area contributed by atoms with E-state index in [0.717, 1.165) is 19.3 Å². The van der Waals surface area contributed by atoms with Crippen molar-refractivity contribution >= 4 is 5.97 Å². The van der Waals surface area contributed by atoms with Gasteiger partial charge in [-0.05, 0) is 26.2 Å². The lowest BCUT2D eigenvalue weighted by Crippen LogP contribution is -2.33. The van der Waals surface area contributed by atoms with Crippen LogP contribution in [0.15, 0.2) is 0 Å². The van der Waals surface area contributed by atoms with Crippen LogP contribution in [0.2, 0.25) is 0 Å². The molecule has 0 aromatic rings. The van der Waals surface area contributed by atoms with Crippen molar-refractivity contribution in [3.8, 4) is 0 Å². The van der Waals surface area contributed by atoms with E-state index >= 15 is 0 Å². The number of hydrogen-bond acceptors (Lipinski definition) is 3. The first-order valence-corrected chi connectivity index (χ1v) is 6.45. The smallest absolute Gasteiger partial charge is 0.309 e. The van der Waals surface area contributed by atoms with Gasteiger partial charge >= 0.3 is 5.97 Å². The summed E-state index contributed by atoms with van der Waals surface area (Å²) in [7, 11) is 0. The molecule has 0 aliphatic carbocycles. The first-order chi connectivity index (χ1) is 7.96. The molecular formula is C13H26O4. The molecule has 0 aromatic heterocycles. The summed E-state index contributed by atoms with van der Waals surface area (Å²) in [4.78, 5) is 11.2. The van der Waals surface area contributed by atoms with Crippen molar-refractivity contribution in [2.24, 2.45) is 5.41 Å². The molecule has 17 heavy (non-hydrogen) atoms. The number of aliphatic hydroxyl groups excluding tert-OH is 1. The van der Waals surface area contributed by atoms with Crippen molar-refractivity contribution in [2.75, 3.05) is 13.2 Å². The van der Waals surface area contributed by atoms with Crippen molar-refractivity contribution in [3.63, 3.8) is 0 Å². The summed E-state index contributed by atoms with van der Waals surface area (Å²) < 4.78 is 5.30. The van der Waals surface area contributed by atoms with Gasteiger partial charge in [-0.3, -0.25) is 4.79 Å². The van der Waals surface area contributed by atoms with Gasteiger partial charge in [0, 0.05) is 6.61 Å². The molecule has 0 aliphatic heterocycles. The molecule has 0 aromatic carbocycles. The minimum atomic E-state index is -0.845. The molecule has 4 nitrogen and oxygen atoms in total. The second-order valence-corrected chi connectivity index (χ2v) is 4.90. The topological polar surface area (TPSA) is 66.8 Å². The summed E-state index contributed by atoms with van der Waals surface area (Å²) in [5.41, 5.74) is -0.845. The number of unbranched alkanes of at least 4 members (excludes halogenated alkanes) is 1. The van der Waals surface area contributed by atoms with E-state index in [1.807, 2.05) is 6.92 Å². The Hall–Kier alpha value is -0.610. The van der Waals surface area contributed by atoms with E-state index in [0.29, 0.717) is 13.0 Å². The lowest BCUT2D eigenvalue weighted by atomic mass is 9.80. The number of ether oxygens (including phenoxy) is 1. The quantitative estimate of drug-likeness (QED) is 0.581. The Balaban J connectivity index is 4.04. The van der Waals surface area contributed by atoms with Crippen LogP contribution in [-0.2, 0) is 9.53 Å². The minimum Gasteiger partial charge on any atom is -0.481 e. The lowest BCUT2D eigenvalue weighted by Gasteiger charge is -2.26. The lowest BCUT2D eigenvalue weighted by molar-refractivity contribution is -0.151. The van der Waals surface area contributed by atoms with Crippen molar-refractivity contribution in [1.82, 2.24) is 0 Å². The fraction of sp³-hybridized carbons (Fsp3) is 0.923. The molecule has 0 fully saturated rings. The molecule has 0 spiro atoms. The summed E-state index contributed by atoms with van der Waals surface area (Å²) in [6.07, 6.45) is 2.96. The van der Waals surface area contributed by atoms with Gasteiger partial charge < -0.3 is 14.9 Å². The third kappa shape index (κ3) is 6.64. The maximum absolute atomic E-state index is 11.2. The van der Waals surface area contributed by atoms with Gasteiger partial charge in [0.15, 0.2) is 0 Å². The van der Waals surface area contributed by atoms with Crippen molar-refractivity contribution in [2.45, 2.75) is 59.0 Å². The SMILES string of the molecule is CCCCOCC(O)CC(C)(CCC)C(=O)O. The number of aliphatic hydroxyl groups is 1. The highest BCUT2D eigenvalue weighted by atomic mass is 16.5. The molecule has 102 valence electrons. The highest BCUT2D eigenvalue weighted by Gasteiger charge is 2.34. The van der Waals surface area contributed by atoms with Crippen LogP contribution in [0.1, 0.15) is 52.9 Å². The van der Waals surface area contributed by atoms with E-state index in [9.17, 15) is 15.0 Å². The Bertz CT molecular complexity index is 217. The fourth-order valence-electron chi connectivity index (χ4n) is 1.89. The highest BCUT2D eigenvalue weighted by molar-refractivity contribution is 5.74. The van der Waals surface area contributed by atoms with Gasteiger partial charge in [-0.1, -0.05) is 26.7 Å². The van der Waals surface area contributed by atoms with Crippen molar-refractivity contribution < 1.29 is 19.7 Å². The zero-order valence-corrected chi connectivity index (χ0v) is 11.2. The van der Waals surface area contributed by atoms with Crippen LogP contribution in [0, 0.1) is 5.41 Å². The van der Waals surface area contributed by atoms with Gasteiger partial charge in [0.25, 0.3) is 0 Å². The Morgan fingerprint density at radius 2 is 2.00 bits per heavy atom. The molecule has 0 amide bonds. The molecule has 0 heterocycles. The summed E-state index contributed by atoms with van der Waals surface area (Å²) in [5.74, 6) is -0.841. The Labute approximate surface area is 104 Å². The fourth-order valence-corrected chi connectivity index (χ4v) is 1.89. The molecule has 0 saturated heterocycles. The third-order valence-electron chi connectivity index (χ3n) is 2.96. The number of rotatable bonds is 10. The summed E-state index contributed by atoms with van der Waals surface area (Å²) >= 11 is 0. The maximum atomic E-state index is 11.2. The molecule has 2 unspecified atom stereocenters. The van der Waals surface area contributed by atoms with E-state index in [-0.39, 0.29) is 13.0 Å². The molecular weight excluding hydrogens is 220 g/mol. The van der Waals surface area contributed by atoms with Gasteiger partial charge in [-0.2, -0.15) is 0 Å². The Morgan fingerprint density at radius 1 is 1.35 bits per heavy atom. The second kappa shape index (κ2) is 8.48. The zero-order chi connectivity index (χ0) is 13.3. The van der Waals surface area contributed by atoms with Crippen LogP contribution < -0.4 is 0 Å². The molecule has 4 heteroatoms. The molecule has 0 bridgehead atoms. The monoisotopic (exact) mass is 246 g/mol. The molecule has 2 atom stereocenters. The summed E-state index contributed by atoms with van der Waals surface area (Å²) in [5, 5.41) is 18.9. The predicted molar refractivity (Wildman–Crippen MR) is 67.0 cm³/mol. The number of aliphatic carboxylic acids is 1. The van der Waals surface area contributed by atoms with Crippen LogP contribution in [-0.4, -0.2) is 35.5 Å². The Kier molecular flexibility index (Phi) is 8.17. The number of carboxylic acids is 1. The maximum Gasteiger partial charge on any atom is 0.309 e. The number of carbonyl (C=O) groups is 1. The third-order valence-corrected chi connectivity index (χ3v) is 2.96. The Morgan fingerprint density at radius 3 is 2.47 bits per heavy atom. The first-order valence-electron chi connectivity index (χ1n) is 6.45. The minimum absolute atomic E-state index is 0.229. The largest absolute Gasteiger partial charge is 0.481 e. The van der Waals surface area contributed by atoms with Crippen LogP contribution in [0.25, 0.3) is 0 Å². The summed E-state index contributed by atoms with van der Waals surface area (Å²) in [6.45, 7) is 6.57. The van der Waals surface area contributed by atoms with Crippen LogP contribution in [0.4, 0.5) is 0 Å². The highest BCUT2D eigenvalue weighted by Crippen LogP contribution is 2.29.